The van der Waals surface area contributed by atoms with Crippen molar-refractivity contribution in [1.29, 1.82) is 0 Å². The van der Waals surface area contributed by atoms with E-state index in [1.165, 1.54) is 18.5 Å². The van der Waals surface area contributed by atoms with Crippen LogP contribution in [0.4, 0.5) is 0 Å². The number of benzene rings is 1. The number of nitrogens with two attached hydrogens (primary N) is 1. The number of guanidine groups is 2. The van der Waals surface area contributed by atoms with Gasteiger partial charge in [-0.15, -0.1) is 0 Å². The number of amidine groups is 1. The number of rotatable bonds is 18. The summed E-state index contributed by atoms with van der Waals surface area (Å²) in [5.74, 6) is 6.87. The smallest absolute Gasteiger partial charge is 0.431 e. The predicted molar refractivity (Wildman–Crippen MR) is 193 cm³/mol. The first-order valence-electron chi connectivity index (χ1n) is 15.6. The standard InChI is InChI=1S/C26H47B6N8O6/c1-28(42)36-25(37-29(2)43)34-18-10-8-6-7-9-11-19-39(31(4)45)26(38-30(3)44)40(32(5)46)20-12-13-22-14-16-23(17-15-22)24(33)35-27-21-41/h14-17,21,42-46H,6-11,18-20H2,1-5H3,(H2,33,35)(H2,34,36,37). The summed E-state index contributed by atoms with van der Waals surface area (Å²) in [6, 6.07) is 7.00. The highest BCUT2D eigenvalue weighted by molar-refractivity contribution is 6.66. The van der Waals surface area contributed by atoms with E-state index >= 15 is 0 Å². The Balaban J connectivity index is 2.75. The lowest BCUT2D eigenvalue weighted by Crippen LogP contribution is -2.55. The van der Waals surface area contributed by atoms with Crippen LogP contribution in [0.3, 0.4) is 0 Å². The van der Waals surface area contributed by atoms with Gasteiger partial charge < -0.3 is 60.7 Å². The van der Waals surface area contributed by atoms with Gasteiger partial charge in [-0.3, -0.25) is 9.81 Å². The van der Waals surface area contributed by atoms with Crippen molar-refractivity contribution >= 4 is 66.6 Å². The number of hydrogen-bond acceptors (Lipinski definition) is 9. The van der Waals surface area contributed by atoms with Gasteiger partial charge in [0.05, 0.1) is 6.54 Å². The SMILES string of the molecule is CB(O)N=C(NCCCCCCCCN(B(C)O)C(=NB(C)O)N(CC#Cc1ccc(C(N)=N[B]C=O)cc1)B(C)O)NB(C)O. The molecule has 20 heteroatoms. The molecular formula is C26H47B6N8O6. The van der Waals surface area contributed by atoms with Crippen LogP contribution in [0.1, 0.15) is 49.7 Å². The molecule has 0 fully saturated rings. The van der Waals surface area contributed by atoms with E-state index in [0.29, 0.717) is 36.4 Å². The van der Waals surface area contributed by atoms with E-state index in [2.05, 4.69) is 37.1 Å². The molecule has 0 bridgehead atoms. The lowest BCUT2D eigenvalue weighted by atomic mass is 9.80. The van der Waals surface area contributed by atoms with Crippen LogP contribution in [0.2, 0.25) is 34.1 Å². The highest BCUT2D eigenvalue weighted by Gasteiger charge is 2.29. The van der Waals surface area contributed by atoms with Crippen molar-refractivity contribution in [3.8, 4) is 11.8 Å². The van der Waals surface area contributed by atoms with E-state index < -0.39 is 35.3 Å². The van der Waals surface area contributed by atoms with Crippen molar-refractivity contribution in [1.82, 2.24) is 20.2 Å². The van der Waals surface area contributed by atoms with Crippen molar-refractivity contribution in [2.45, 2.75) is 72.6 Å². The number of carbonyl (C=O) groups is 1. The molecule has 1 aromatic carbocycles. The summed E-state index contributed by atoms with van der Waals surface area (Å²) in [5.41, 5.74) is 7.19. The summed E-state index contributed by atoms with van der Waals surface area (Å²) >= 11 is 0. The molecule has 245 valence electrons. The second-order valence-electron chi connectivity index (χ2n) is 10.8. The minimum atomic E-state index is -1.07. The van der Waals surface area contributed by atoms with Crippen LogP contribution in [-0.2, 0) is 4.79 Å². The summed E-state index contributed by atoms with van der Waals surface area (Å²) < 4.78 is 0. The summed E-state index contributed by atoms with van der Waals surface area (Å²) in [6.45, 7) is 8.98. The van der Waals surface area contributed by atoms with Gasteiger partial charge in [-0.1, -0.05) is 49.7 Å². The van der Waals surface area contributed by atoms with E-state index in [-0.39, 0.29) is 18.3 Å². The van der Waals surface area contributed by atoms with E-state index in [9.17, 15) is 29.9 Å². The van der Waals surface area contributed by atoms with Crippen molar-refractivity contribution in [2.24, 2.45) is 20.4 Å². The molecule has 0 aliphatic rings. The Morgan fingerprint density at radius 1 is 0.891 bits per heavy atom. The highest BCUT2D eigenvalue weighted by Crippen LogP contribution is 2.11. The Morgan fingerprint density at radius 3 is 2.02 bits per heavy atom. The molecule has 1 radical (unpaired) electrons. The summed E-state index contributed by atoms with van der Waals surface area (Å²) in [4.78, 5) is 25.8. The fraction of sp³-hybridized carbons (Fsp3) is 0.538. The fourth-order valence-electron chi connectivity index (χ4n) is 4.28. The molecule has 0 spiro atoms. The van der Waals surface area contributed by atoms with E-state index in [1.54, 1.807) is 49.5 Å². The molecule has 0 atom stereocenters. The Kier molecular flexibility index (Phi) is 20.4. The average Bonchev–Trinajstić information content (AvgIpc) is 2.97. The first-order valence-corrected chi connectivity index (χ1v) is 15.6. The molecule has 0 aliphatic carbocycles. The van der Waals surface area contributed by atoms with Gasteiger partial charge in [0.15, 0.2) is 11.9 Å². The molecule has 0 aliphatic heterocycles. The normalized spacial score (nSPS) is 11.6. The van der Waals surface area contributed by atoms with Gasteiger partial charge in [-0.2, -0.15) is 0 Å². The number of carbonyl (C=O) groups excluding carboxylic acids is 1. The van der Waals surface area contributed by atoms with Crippen LogP contribution in [0.15, 0.2) is 39.0 Å². The number of hydrogen-bond donors (Lipinski definition) is 8. The predicted octanol–water partition coefficient (Wildman–Crippen LogP) is -1.06. The second kappa shape index (κ2) is 23.0. The molecule has 0 amide bonds. The van der Waals surface area contributed by atoms with Crippen LogP contribution in [-0.4, -0.2) is 121 Å². The summed E-state index contributed by atoms with van der Waals surface area (Å²) in [7, 11) is -3.60. The fourth-order valence-corrected chi connectivity index (χ4v) is 4.28. The first kappa shape index (κ1) is 40.7. The maximum absolute atomic E-state index is 10.6. The van der Waals surface area contributed by atoms with Gasteiger partial charge in [-0.05, 0) is 59.1 Å². The highest BCUT2D eigenvalue weighted by atomic mass is 16.2. The Hall–Kier alpha value is -3.35. The van der Waals surface area contributed by atoms with Gasteiger partial charge in [-0.25, -0.2) is 0 Å². The molecule has 0 unspecified atom stereocenters. The topological polar surface area (TPSA) is 212 Å². The third-order valence-corrected chi connectivity index (χ3v) is 6.44. The van der Waals surface area contributed by atoms with Gasteiger partial charge in [0.2, 0.25) is 0 Å². The Morgan fingerprint density at radius 2 is 1.48 bits per heavy atom. The molecule has 0 heterocycles. The van der Waals surface area contributed by atoms with Crippen LogP contribution in [0.5, 0.6) is 0 Å². The summed E-state index contributed by atoms with van der Waals surface area (Å²) in [6.07, 6.45) is 6.07. The average molecular weight is 633 g/mol. The molecule has 46 heavy (non-hydrogen) atoms. The third kappa shape index (κ3) is 17.4. The van der Waals surface area contributed by atoms with Crippen LogP contribution < -0.4 is 16.3 Å². The maximum atomic E-state index is 10.6. The first-order chi connectivity index (χ1) is 21.8. The number of unbranched alkanes of at least 4 members (excludes halogenated alkanes) is 5. The lowest BCUT2D eigenvalue weighted by Gasteiger charge is -2.35. The monoisotopic (exact) mass is 633 g/mol. The zero-order valence-corrected chi connectivity index (χ0v) is 27.7. The zero-order valence-electron chi connectivity index (χ0n) is 27.7. The van der Waals surface area contributed by atoms with Gasteiger partial charge >= 0.3 is 42.7 Å². The Labute approximate surface area is 276 Å². The van der Waals surface area contributed by atoms with E-state index in [1.807, 2.05) is 0 Å². The number of nitrogens with zero attached hydrogens (tertiary/aromatic N) is 5. The van der Waals surface area contributed by atoms with Gasteiger partial charge in [0.25, 0.3) is 0 Å². The zero-order chi connectivity index (χ0) is 34.5. The van der Waals surface area contributed by atoms with Crippen molar-refractivity contribution in [2.75, 3.05) is 19.6 Å². The molecule has 0 saturated heterocycles. The Bertz CT molecular complexity index is 1180. The molecule has 1 rings (SSSR count). The van der Waals surface area contributed by atoms with E-state index in [0.717, 1.165) is 45.9 Å². The van der Waals surface area contributed by atoms with Crippen LogP contribution in [0.25, 0.3) is 0 Å². The molecular weight excluding hydrogens is 585 g/mol. The van der Waals surface area contributed by atoms with Gasteiger partial charge in [0.1, 0.15) is 12.0 Å². The molecule has 0 aromatic heterocycles. The van der Waals surface area contributed by atoms with E-state index in [4.69, 9.17) is 5.73 Å². The lowest BCUT2D eigenvalue weighted by molar-refractivity contribution is 0.410. The molecule has 1 aromatic rings. The molecule has 0 saturated carbocycles. The van der Waals surface area contributed by atoms with Crippen LogP contribution in [0, 0.1) is 11.8 Å². The maximum Gasteiger partial charge on any atom is 0.431 e. The summed E-state index contributed by atoms with van der Waals surface area (Å²) in [5, 5.41) is 56.2. The minimum absolute atomic E-state index is 0.0799. The quantitative estimate of drug-likeness (QED) is 0.0244. The second-order valence-corrected chi connectivity index (χ2v) is 10.8. The minimum Gasteiger partial charge on any atom is -0.433 e. The van der Waals surface area contributed by atoms with Gasteiger partial charge in [0, 0.05) is 24.2 Å². The van der Waals surface area contributed by atoms with Crippen molar-refractivity contribution in [3.63, 3.8) is 0 Å². The molecule has 14 nitrogen and oxygen atoms in total. The largest absolute Gasteiger partial charge is 0.433 e. The third-order valence-electron chi connectivity index (χ3n) is 6.44. The van der Waals surface area contributed by atoms with Crippen LogP contribution >= 0.6 is 0 Å². The number of nitrogens with one attached hydrogen (secondary N) is 2. The molecule has 9 N–H and O–H groups in total. The van der Waals surface area contributed by atoms with Crippen molar-refractivity contribution < 1.29 is 29.9 Å². The van der Waals surface area contributed by atoms with Crippen molar-refractivity contribution in [3.05, 3.63) is 35.4 Å².